The zero-order valence-electron chi connectivity index (χ0n) is 9.63. The van der Waals surface area contributed by atoms with Gasteiger partial charge in [-0.3, -0.25) is 15.0 Å². The van der Waals surface area contributed by atoms with Crippen LogP contribution in [0.15, 0.2) is 4.99 Å². The summed E-state index contributed by atoms with van der Waals surface area (Å²) >= 11 is 0. The number of hydrogen-bond donors (Lipinski definition) is 2. The number of aliphatic imine (C=N–C) groups is 1. The van der Waals surface area contributed by atoms with Crippen molar-refractivity contribution in [1.82, 2.24) is 15.8 Å². The van der Waals surface area contributed by atoms with Crippen molar-refractivity contribution in [1.29, 1.82) is 0 Å². The maximum absolute atomic E-state index is 11.5. The number of amides is 3. The fourth-order valence-corrected chi connectivity index (χ4v) is 1.44. The fraction of sp³-hybridized carbons (Fsp3) is 0.556. The molecule has 0 aromatic carbocycles. The molecule has 1 aliphatic rings. The Kier molecular flexibility index (Phi) is 4.82. The van der Waals surface area contributed by atoms with Gasteiger partial charge in [-0.15, -0.1) is 0 Å². The lowest BCUT2D eigenvalue weighted by Gasteiger charge is -2.31. The second kappa shape index (κ2) is 6.36. The molecule has 1 aliphatic heterocycles. The van der Waals surface area contributed by atoms with Crippen LogP contribution in [0, 0.1) is 5.92 Å². The van der Waals surface area contributed by atoms with Gasteiger partial charge in [0.05, 0.1) is 19.6 Å². The molecule has 18 heavy (non-hydrogen) atoms. The molecule has 0 aliphatic carbocycles. The molecule has 1 atom stereocenters. The van der Waals surface area contributed by atoms with Crippen molar-refractivity contribution in [2.75, 3.05) is 20.3 Å². The Bertz CT molecular complexity index is 404. The molecule has 1 unspecified atom stereocenters. The van der Waals surface area contributed by atoms with Gasteiger partial charge < -0.3 is 10.1 Å². The smallest absolute Gasteiger partial charge is 0.337 e. The van der Waals surface area contributed by atoms with Gasteiger partial charge >= 0.3 is 12.0 Å². The molecule has 0 spiro atoms. The number of nitrogens with zero attached hydrogens (tertiary/aromatic N) is 2. The van der Waals surface area contributed by atoms with Gasteiger partial charge in [0.25, 0.3) is 0 Å². The van der Waals surface area contributed by atoms with E-state index in [2.05, 4.69) is 20.5 Å². The maximum Gasteiger partial charge on any atom is 0.337 e. The van der Waals surface area contributed by atoms with Crippen molar-refractivity contribution >= 4 is 24.0 Å². The van der Waals surface area contributed by atoms with Crippen molar-refractivity contribution in [3.8, 4) is 0 Å². The number of ether oxygens (including phenoxy) is 1. The zero-order valence-corrected chi connectivity index (χ0v) is 9.63. The Morgan fingerprint density at radius 1 is 1.67 bits per heavy atom. The first-order valence-electron chi connectivity index (χ1n) is 5.04. The highest BCUT2D eigenvalue weighted by Crippen LogP contribution is 2.12. The Morgan fingerprint density at radius 3 is 3.00 bits per heavy atom. The van der Waals surface area contributed by atoms with Crippen molar-refractivity contribution in [2.45, 2.75) is 6.42 Å². The van der Waals surface area contributed by atoms with E-state index < -0.39 is 23.8 Å². The van der Waals surface area contributed by atoms with Crippen molar-refractivity contribution < 1.29 is 23.9 Å². The van der Waals surface area contributed by atoms with E-state index in [9.17, 15) is 19.2 Å². The molecular weight excluding hydrogens is 244 g/mol. The average Bonchev–Trinajstić information content (AvgIpc) is 2.37. The number of rotatable bonds is 3. The minimum atomic E-state index is -0.705. The lowest BCUT2D eigenvalue weighted by molar-refractivity contribution is -0.151. The molecule has 0 aromatic rings. The number of urea groups is 1. The largest absolute Gasteiger partial charge is 0.469 e. The lowest BCUT2D eigenvalue weighted by atomic mass is 10.0. The standard InChI is InChI=1S/C9H12N4O5/c1-18-8(16)6-2-7(15)12-13(3-6)9(17)11-4-10-5-14/h6H,2-4H2,1H3,(H,11,17)(H,12,15). The number of carbonyl (C=O) groups excluding carboxylic acids is 4. The molecule has 2 N–H and O–H groups in total. The topological polar surface area (TPSA) is 117 Å². The molecule has 0 bridgehead atoms. The normalized spacial score (nSPS) is 18.4. The summed E-state index contributed by atoms with van der Waals surface area (Å²) in [6, 6.07) is -0.670. The SMILES string of the molecule is COC(=O)C1CC(=O)NN(C(=O)NCN=C=O)C1. The summed E-state index contributed by atoms with van der Waals surface area (Å²) in [7, 11) is 1.21. The van der Waals surface area contributed by atoms with Crippen LogP contribution in [-0.4, -0.2) is 49.3 Å². The number of nitrogens with one attached hydrogen (secondary N) is 2. The fourth-order valence-electron chi connectivity index (χ4n) is 1.44. The van der Waals surface area contributed by atoms with E-state index >= 15 is 0 Å². The van der Waals surface area contributed by atoms with Gasteiger partial charge in [0.1, 0.15) is 6.67 Å². The molecule has 9 heteroatoms. The van der Waals surface area contributed by atoms with Crippen LogP contribution < -0.4 is 10.7 Å². The van der Waals surface area contributed by atoms with Crippen LogP contribution in [-0.2, 0) is 19.1 Å². The van der Waals surface area contributed by atoms with Gasteiger partial charge in [0, 0.05) is 6.42 Å². The van der Waals surface area contributed by atoms with Gasteiger partial charge in [0.2, 0.25) is 12.0 Å². The van der Waals surface area contributed by atoms with Gasteiger partial charge in [-0.2, -0.15) is 4.99 Å². The second-order valence-corrected chi connectivity index (χ2v) is 3.46. The highest BCUT2D eigenvalue weighted by atomic mass is 16.5. The molecule has 1 rings (SSSR count). The van der Waals surface area contributed by atoms with Gasteiger partial charge in [-0.05, 0) is 0 Å². The van der Waals surface area contributed by atoms with Crippen LogP contribution in [0.25, 0.3) is 0 Å². The highest BCUT2D eigenvalue weighted by Gasteiger charge is 2.33. The summed E-state index contributed by atoms with van der Waals surface area (Å²) in [5.74, 6) is -1.73. The number of hydrogen-bond acceptors (Lipinski definition) is 6. The van der Waals surface area contributed by atoms with Crippen LogP contribution >= 0.6 is 0 Å². The maximum atomic E-state index is 11.5. The molecular formula is C9H12N4O5. The first kappa shape index (κ1) is 13.7. The molecule has 1 saturated heterocycles. The monoisotopic (exact) mass is 256 g/mol. The summed E-state index contributed by atoms with van der Waals surface area (Å²) in [6.45, 7) is -0.257. The van der Waals surface area contributed by atoms with E-state index in [0.717, 1.165) is 5.01 Å². The molecule has 3 amide bonds. The van der Waals surface area contributed by atoms with Crippen LogP contribution in [0.2, 0.25) is 0 Å². The van der Waals surface area contributed by atoms with Crippen molar-refractivity contribution in [2.24, 2.45) is 10.9 Å². The molecule has 0 saturated carbocycles. The molecule has 9 nitrogen and oxygen atoms in total. The summed E-state index contributed by atoms with van der Waals surface area (Å²) in [5.41, 5.74) is 2.29. The van der Waals surface area contributed by atoms with Crippen LogP contribution in [0.1, 0.15) is 6.42 Å². The lowest BCUT2D eigenvalue weighted by Crippen LogP contribution is -2.57. The van der Waals surface area contributed by atoms with E-state index in [1.54, 1.807) is 0 Å². The third-order valence-corrected chi connectivity index (χ3v) is 2.25. The van der Waals surface area contributed by atoms with Crippen LogP contribution in [0.5, 0.6) is 0 Å². The van der Waals surface area contributed by atoms with Gasteiger partial charge in [-0.25, -0.2) is 14.6 Å². The Balaban J connectivity index is 2.59. The van der Waals surface area contributed by atoms with E-state index in [-0.39, 0.29) is 19.6 Å². The Labute approximate surface area is 102 Å². The number of isocyanates is 1. The molecule has 0 aromatic heterocycles. The zero-order chi connectivity index (χ0) is 13.5. The highest BCUT2D eigenvalue weighted by molar-refractivity contribution is 5.87. The third-order valence-electron chi connectivity index (χ3n) is 2.25. The third kappa shape index (κ3) is 3.56. The number of hydrazine groups is 1. The summed E-state index contributed by atoms with van der Waals surface area (Å²) in [4.78, 5) is 47.1. The molecule has 98 valence electrons. The molecule has 1 heterocycles. The summed E-state index contributed by atoms with van der Waals surface area (Å²) in [5, 5.41) is 3.18. The van der Waals surface area contributed by atoms with Crippen LogP contribution in [0.3, 0.4) is 0 Å². The van der Waals surface area contributed by atoms with Crippen molar-refractivity contribution in [3.63, 3.8) is 0 Å². The first-order chi connectivity index (χ1) is 8.58. The Hall–Kier alpha value is -2.41. The van der Waals surface area contributed by atoms with Crippen molar-refractivity contribution in [3.05, 3.63) is 0 Å². The van der Waals surface area contributed by atoms with Gasteiger partial charge in [0.15, 0.2) is 0 Å². The van der Waals surface area contributed by atoms with E-state index in [1.807, 2.05) is 0 Å². The number of methoxy groups -OCH3 is 1. The average molecular weight is 256 g/mol. The summed E-state index contributed by atoms with van der Waals surface area (Å²) in [6.07, 6.45) is 1.21. The minimum Gasteiger partial charge on any atom is -0.469 e. The van der Waals surface area contributed by atoms with E-state index in [0.29, 0.717) is 0 Å². The van der Waals surface area contributed by atoms with Gasteiger partial charge in [-0.1, -0.05) is 0 Å². The van der Waals surface area contributed by atoms with E-state index in [4.69, 9.17) is 0 Å². The number of carbonyl (C=O) groups is 3. The minimum absolute atomic E-state index is 0.00491. The number of esters is 1. The van der Waals surface area contributed by atoms with Crippen LogP contribution in [0.4, 0.5) is 4.79 Å². The Morgan fingerprint density at radius 2 is 2.39 bits per heavy atom. The summed E-state index contributed by atoms with van der Waals surface area (Å²) < 4.78 is 4.52. The predicted molar refractivity (Wildman–Crippen MR) is 56.5 cm³/mol. The first-order valence-corrected chi connectivity index (χ1v) is 5.04. The molecule has 0 radical (unpaired) electrons. The second-order valence-electron chi connectivity index (χ2n) is 3.46. The quantitative estimate of drug-likeness (QED) is 0.362. The molecule has 1 fully saturated rings. The predicted octanol–water partition coefficient (Wildman–Crippen LogP) is -1.48. The van der Waals surface area contributed by atoms with E-state index in [1.165, 1.54) is 13.2 Å².